The van der Waals surface area contributed by atoms with Gasteiger partial charge in [-0.25, -0.2) is 0 Å². The maximum atomic E-state index is 12.7. The number of rotatable bonds is 9. The molecule has 4 rings (SSSR count). The van der Waals surface area contributed by atoms with Crippen molar-refractivity contribution in [3.63, 3.8) is 0 Å². The number of H-pyrrole nitrogens is 1. The molecule has 1 heterocycles. The van der Waals surface area contributed by atoms with E-state index in [0.29, 0.717) is 12.2 Å². The van der Waals surface area contributed by atoms with Crippen LogP contribution in [0.4, 0.5) is 5.82 Å². The van der Waals surface area contributed by atoms with Crippen LogP contribution in [0.2, 0.25) is 0 Å². The number of carbonyl (C=O) groups excluding carboxylic acids is 1. The summed E-state index contributed by atoms with van der Waals surface area (Å²) in [5.74, 6) is 1.71. The first-order valence-electron chi connectivity index (χ1n) is 10.2. The summed E-state index contributed by atoms with van der Waals surface area (Å²) >= 11 is 0. The molecule has 0 atom stereocenters. The lowest BCUT2D eigenvalue weighted by molar-refractivity contribution is -0.117. The van der Waals surface area contributed by atoms with Crippen molar-refractivity contribution in [1.29, 1.82) is 0 Å². The Morgan fingerprint density at radius 3 is 2.18 bits per heavy atom. The number of aromatic nitrogens is 2. The second-order valence-corrected chi connectivity index (χ2v) is 7.92. The van der Waals surface area contributed by atoms with Crippen LogP contribution in [-0.2, 0) is 24.1 Å². The van der Waals surface area contributed by atoms with Crippen LogP contribution in [-0.4, -0.2) is 16.1 Å². The number of hydrogen-bond acceptors (Lipinski definition) is 2. The molecule has 0 radical (unpaired) electrons. The first-order valence-corrected chi connectivity index (χ1v) is 10.2. The van der Waals surface area contributed by atoms with E-state index in [-0.39, 0.29) is 11.8 Å². The first-order chi connectivity index (χ1) is 13.7. The van der Waals surface area contributed by atoms with Crippen LogP contribution in [0, 0.1) is 11.8 Å². The van der Waals surface area contributed by atoms with E-state index in [1.165, 1.54) is 24.0 Å². The molecule has 1 fully saturated rings. The van der Waals surface area contributed by atoms with Crippen molar-refractivity contribution >= 4 is 11.7 Å². The maximum Gasteiger partial charge on any atom is 0.225 e. The van der Waals surface area contributed by atoms with Gasteiger partial charge in [-0.3, -0.25) is 9.89 Å². The number of anilines is 1. The molecule has 0 saturated heterocycles. The Hall–Kier alpha value is -2.88. The van der Waals surface area contributed by atoms with E-state index in [0.717, 1.165) is 30.9 Å². The summed E-state index contributed by atoms with van der Waals surface area (Å²) < 4.78 is 0. The molecule has 0 spiro atoms. The molecule has 144 valence electrons. The lowest BCUT2D eigenvalue weighted by Gasteiger charge is -2.17. The van der Waals surface area contributed by atoms with Crippen LogP contribution in [0.1, 0.15) is 36.1 Å². The summed E-state index contributed by atoms with van der Waals surface area (Å²) in [7, 11) is 0. The van der Waals surface area contributed by atoms with Gasteiger partial charge >= 0.3 is 0 Å². The Morgan fingerprint density at radius 2 is 1.61 bits per heavy atom. The standard InChI is InChI=1S/C24H27N3O/c28-24(25-23-17-22(26-27-23)15-20-11-12-20)16-21(13-18-7-3-1-4-8-18)14-19-9-5-2-6-10-19/h1-10,17,20-21H,11-16H2,(H2,25,26,27,28). The van der Waals surface area contributed by atoms with Gasteiger partial charge in [0.2, 0.25) is 5.91 Å². The number of amides is 1. The minimum atomic E-state index is 0.0290. The molecule has 1 aliphatic rings. The van der Waals surface area contributed by atoms with E-state index in [4.69, 9.17) is 0 Å². The summed E-state index contributed by atoms with van der Waals surface area (Å²) in [5.41, 5.74) is 3.65. The predicted molar refractivity (Wildman–Crippen MR) is 112 cm³/mol. The van der Waals surface area contributed by atoms with Crippen LogP contribution in [0.15, 0.2) is 66.7 Å². The molecule has 0 bridgehead atoms. The SMILES string of the molecule is O=C(CC(Cc1ccccc1)Cc1ccccc1)Nc1cc(CC2CC2)[nH]n1. The van der Waals surface area contributed by atoms with Crippen LogP contribution in [0.3, 0.4) is 0 Å². The third kappa shape index (κ3) is 5.56. The Kier molecular flexibility index (Phi) is 5.86. The molecule has 1 amide bonds. The van der Waals surface area contributed by atoms with Crippen LogP contribution >= 0.6 is 0 Å². The number of nitrogens with one attached hydrogen (secondary N) is 2. The topological polar surface area (TPSA) is 57.8 Å². The molecule has 0 unspecified atom stereocenters. The fourth-order valence-electron chi connectivity index (χ4n) is 3.73. The monoisotopic (exact) mass is 373 g/mol. The predicted octanol–water partition coefficient (Wildman–Crippen LogP) is 4.79. The van der Waals surface area contributed by atoms with Crippen molar-refractivity contribution in [2.75, 3.05) is 5.32 Å². The van der Waals surface area contributed by atoms with Gasteiger partial charge in [0, 0.05) is 18.2 Å². The number of carbonyl (C=O) groups is 1. The Balaban J connectivity index is 1.38. The Bertz CT molecular complexity index is 843. The van der Waals surface area contributed by atoms with Crippen LogP contribution in [0.5, 0.6) is 0 Å². The van der Waals surface area contributed by atoms with Gasteiger partial charge in [0.25, 0.3) is 0 Å². The summed E-state index contributed by atoms with van der Waals surface area (Å²) in [4.78, 5) is 12.7. The average Bonchev–Trinajstić information content (AvgIpc) is 3.41. The fraction of sp³-hybridized carbons (Fsp3) is 0.333. The van der Waals surface area contributed by atoms with Gasteiger partial charge in [0.1, 0.15) is 0 Å². The summed E-state index contributed by atoms with van der Waals surface area (Å²) in [5, 5.41) is 10.3. The third-order valence-corrected chi connectivity index (χ3v) is 5.31. The van der Waals surface area contributed by atoms with Crippen molar-refractivity contribution in [2.45, 2.75) is 38.5 Å². The van der Waals surface area contributed by atoms with Crippen LogP contribution in [0.25, 0.3) is 0 Å². The zero-order valence-electron chi connectivity index (χ0n) is 16.1. The highest BCUT2D eigenvalue weighted by molar-refractivity contribution is 5.89. The second-order valence-electron chi connectivity index (χ2n) is 7.92. The number of nitrogens with zero attached hydrogens (tertiary/aromatic N) is 1. The third-order valence-electron chi connectivity index (χ3n) is 5.31. The Labute approximate surface area is 166 Å². The highest BCUT2D eigenvalue weighted by Gasteiger charge is 2.22. The van der Waals surface area contributed by atoms with Crippen molar-refractivity contribution < 1.29 is 4.79 Å². The van der Waals surface area contributed by atoms with Gasteiger partial charge in [-0.05, 0) is 55.1 Å². The van der Waals surface area contributed by atoms with Gasteiger partial charge in [-0.2, -0.15) is 5.10 Å². The van der Waals surface area contributed by atoms with Crippen molar-refractivity contribution in [1.82, 2.24) is 10.2 Å². The first kappa shape index (κ1) is 18.5. The van der Waals surface area contributed by atoms with E-state index >= 15 is 0 Å². The molecule has 2 aromatic carbocycles. The van der Waals surface area contributed by atoms with E-state index in [1.807, 2.05) is 18.2 Å². The summed E-state index contributed by atoms with van der Waals surface area (Å²) in [6.45, 7) is 0. The molecule has 1 aliphatic carbocycles. The van der Waals surface area contributed by atoms with E-state index in [1.54, 1.807) is 0 Å². The molecule has 3 aromatic rings. The molecule has 4 nitrogen and oxygen atoms in total. The van der Waals surface area contributed by atoms with Crippen molar-refractivity contribution in [3.8, 4) is 0 Å². The summed E-state index contributed by atoms with van der Waals surface area (Å²) in [6.07, 6.45) is 5.90. The lowest BCUT2D eigenvalue weighted by atomic mass is 9.89. The molecule has 28 heavy (non-hydrogen) atoms. The maximum absolute atomic E-state index is 12.7. The highest BCUT2D eigenvalue weighted by Crippen LogP contribution is 2.32. The van der Waals surface area contributed by atoms with E-state index < -0.39 is 0 Å². The van der Waals surface area contributed by atoms with Crippen molar-refractivity contribution in [2.24, 2.45) is 11.8 Å². The zero-order valence-corrected chi connectivity index (χ0v) is 16.1. The van der Waals surface area contributed by atoms with Gasteiger partial charge in [-0.15, -0.1) is 0 Å². The molecule has 0 aliphatic heterocycles. The fourth-order valence-corrected chi connectivity index (χ4v) is 3.73. The smallest absolute Gasteiger partial charge is 0.225 e. The molecular weight excluding hydrogens is 346 g/mol. The van der Waals surface area contributed by atoms with Crippen molar-refractivity contribution in [3.05, 3.63) is 83.6 Å². The van der Waals surface area contributed by atoms with Gasteiger partial charge in [0.05, 0.1) is 0 Å². The van der Waals surface area contributed by atoms with E-state index in [2.05, 4.69) is 64.0 Å². The van der Waals surface area contributed by atoms with Gasteiger partial charge < -0.3 is 5.32 Å². The number of hydrogen-bond donors (Lipinski definition) is 2. The lowest BCUT2D eigenvalue weighted by Crippen LogP contribution is -2.20. The zero-order chi connectivity index (χ0) is 19.2. The summed E-state index contributed by atoms with van der Waals surface area (Å²) in [6, 6.07) is 22.8. The minimum Gasteiger partial charge on any atom is -0.309 e. The average molecular weight is 374 g/mol. The quantitative estimate of drug-likeness (QED) is 0.566. The number of aromatic amines is 1. The van der Waals surface area contributed by atoms with Gasteiger partial charge in [-0.1, -0.05) is 60.7 Å². The molecule has 2 N–H and O–H groups in total. The highest BCUT2D eigenvalue weighted by atomic mass is 16.1. The minimum absolute atomic E-state index is 0.0290. The van der Waals surface area contributed by atoms with Crippen LogP contribution < -0.4 is 5.32 Å². The Morgan fingerprint density at radius 1 is 1.00 bits per heavy atom. The largest absolute Gasteiger partial charge is 0.309 e. The molecular formula is C24H27N3O. The molecule has 1 aromatic heterocycles. The van der Waals surface area contributed by atoms with Gasteiger partial charge in [0.15, 0.2) is 5.82 Å². The molecule has 1 saturated carbocycles. The number of benzene rings is 2. The van der Waals surface area contributed by atoms with E-state index in [9.17, 15) is 4.79 Å². The normalized spacial score (nSPS) is 13.6. The molecule has 4 heteroatoms. The second kappa shape index (κ2) is 8.87.